The number of hydrogen-bond acceptors (Lipinski definition) is 3. The highest BCUT2D eigenvalue weighted by Gasteiger charge is 2.43. The van der Waals surface area contributed by atoms with Gasteiger partial charge >= 0.3 is 0 Å². The SMILES string of the molecule is NC[C@@H]1CC[C@@]2(CCN(CCO)C2)C1. The smallest absolute Gasteiger partial charge is 0.0558 e. The molecule has 1 aliphatic heterocycles. The average Bonchev–Trinajstić information content (AvgIpc) is 2.76. The average molecular weight is 198 g/mol. The van der Waals surface area contributed by atoms with Crippen molar-refractivity contribution in [2.75, 3.05) is 32.8 Å². The zero-order valence-corrected chi connectivity index (χ0v) is 8.91. The Bertz CT molecular complexity index is 198. The van der Waals surface area contributed by atoms with E-state index in [1.165, 1.54) is 38.8 Å². The zero-order valence-electron chi connectivity index (χ0n) is 8.91. The van der Waals surface area contributed by atoms with Gasteiger partial charge in [-0.2, -0.15) is 0 Å². The van der Waals surface area contributed by atoms with Crippen LogP contribution in [0.15, 0.2) is 0 Å². The normalized spacial score (nSPS) is 38.6. The van der Waals surface area contributed by atoms with Gasteiger partial charge in [0.2, 0.25) is 0 Å². The molecule has 0 amide bonds. The molecule has 2 aliphatic rings. The molecule has 1 saturated carbocycles. The topological polar surface area (TPSA) is 49.5 Å². The largest absolute Gasteiger partial charge is 0.395 e. The summed E-state index contributed by atoms with van der Waals surface area (Å²) in [5, 5.41) is 8.89. The Kier molecular flexibility index (Phi) is 3.10. The molecule has 1 heterocycles. The molecule has 1 spiro atoms. The lowest BCUT2D eigenvalue weighted by Gasteiger charge is -2.24. The predicted octanol–water partition coefficient (Wildman–Crippen LogP) is 0.430. The number of nitrogens with zero attached hydrogens (tertiary/aromatic N) is 1. The van der Waals surface area contributed by atoms with E-state index in [2.05, 4.69) is 4.90 Å². The van der Waals surface area contributed by atoms with Crippen molar-refractivity contribution >= 4 is 0 Å². The van der Waals surface area contributed by atoms with E-state index >= 15 is 0 Å². The summed E-state index contributed by atoms with van der Waals surface area (Å²) in [4.78, 5) is 2.40. The van der Waals surface area contributed by atoms with Crippen LogP contribution >= 0.6 is 0 Å². The molecule has 3 nitrogen and oxygen atoms in total. The molecule has 2 fully saturated rings. The molecule has 2 atom stereocenters. The zero-order chi connectivity index (χ0) is 10.0. The summed E-state index contributed by atoms with van der Waals surface area (Å²) in [5.41, 5.74) is 6.29. The van der Waals surface area contributed by atoms with Crippen molar-refractivity contribution in [2.24, 2.45) is 17.1 Å². The summed E-state index contributed by atoms with van der Waals surface area (Å²) >= 11 is 0. The van der Waals surface area contributed by atoms with E-state index < -0.39 is 0 Å². The van der Waals surface area contributed by atoms with Gasteiger partial charge in [0.05, 0.1) is 6.61 Å². The third-order valence-corrected chi connectivity index (χ3v) is 4.07. The van der Waals surface area contributed by atoms with Gasteiger partial charge in [-0.1, -0.05) is 0 Å². The fourth-order valence-corrected chi connectivity index (χ4v) is 3.26. The summed E-state index contributed by atoms with van der Waals surface area (Å²) in [7, 11) is 0. The van der Waals surface area contributed by atoms with Crippen LogP contribution in [-0.4, -0.2) is 42.8 Å². The van der Waals surface area contributed by atoms with Crippen LogP contribution in [-0.2, 0) is 0 Å². The maximum absolute atomic E-state index is 8.89. The number of nitrogens with two attached hydrogens (primary N) is 1. The van der Waals surface area contributed by atoms with Gasteiger partial charge in [0.1, 0.15) is 0 Å². The number of β-amino-alcohol motifs (C(OH)–C–C–N with tert-alkyl or cyclic N) is 1. The molecule has 14 heavy (non-hydrogen) atoms. The standard InChI is InChI=1S/C11H22N2O/c12-8-10-1-2-11(7-10)3-4-13(9-11)5-6-14/h10,14H,1-9,12H2/t10-,11-/m1/s1. The summed E-state index contributed by atoms with van der Waals surface area (Å²) in [6, 6.07) is 0. The summed E-state index contributed by atoms with van der Waals surface area (Å²) in [6.45, 7) is 4.40. The quantitative estimate of drug-likeness (QED) is 0.691. The number of aliphatic hydroxyl groups excluding tert-OH is 1. The van der Waals surface area contributed by atoms with E-state index in [0.29, 0.717) is 12.0 Å². The third-order valence-electron chi connectivity index (χ3n) is 4.07. The first-order valence-corrected chi connectivity index (χ1v) is 5.81. The van der Waals surface area contributed by atoms with Crippen molar-refractivity contribution in [3.8, 4) is 0 Å². The van der Waals surface area contributed by atoms with Gasteiger partial charge in [-0.15, -0.1) is 0 Å². The van der Waals surface area contributed by atoms with Crippen LogP contribution in [0.3, 0.4) is 0 Å². The first kappa shape index (κ1) is 10.4. The number of rotatable bonds is 3. The van der Waals surface area contributed by atoms with E-state index in [-0.39, 0.29) is 0 Å². The maximum Gasteiger partial charge on any atom is 0.0558 e. The highest BCUT2D eigenvalue weighted by Crippen LogP contribution is 2.47. The Morgan fingerprint density at radius 3 is 2.93 bits per heavy atom. The number of likely N-dealkylation sites (tertiary alicyclic amines) is 1. The Morgan fingerprint density at radius 1 is 1.43 bits per heavy atom. The summed E-state index contributed by atoms with van der Waals surface area (Å²) in [6.07, 6.45) is 5.33. The van der Waals surface area contributed by atoms with Crippen LogP contribution in [0, 0.1) is 11.3 Å². The molecule has 1 aliphatic carbocycles. The van der Waals surface area contributed by atoms with Crippen molar-refractivity contribution in [1.82, 2.24) is 4.90 Å². The second-order valence-corrected chi connectivity index (χ2v) is 5.09. The second-order valence-electron chi connectivity index (χ2n) is 5.09. The molecule has 3 N–H and O–H groups in total. The first-order chi connectivity index (χ1) is 6.78. The van der Waals surface area contributed by atoms with Gasteiger partial charge in [0.15, 0.2) is 0 Å². The van der Waals surface area contributed by atoms with E-state index in [9.17, 15) is 0 Å². The van der Waals surface area contributed by atoms with E-state index in [0.717, 1.165) is 19.0 Å². The molecule has 0 aromatic heterocycles. The molecule has 0 bridgehead atoms. The summed E-state index contributed by atoms with van der Waals surface area (Å²) in [5.74, 6) is 0.768. The molecule has 0 radical (unpaired) electrons. The van der Waals surface area contributed by atoms with Crippen molar-refractivity contribution in [3.05, 3.63) is 0 Å². The van der Waals surface area contributed by atoms with E-state index in [4.69, 9.17) is 10.8 Å². The Hall–Kier alpha value is -0.120. The highest BCUT2D eigenvalue weighted by molar-refractivity contribution is 4.96. The number of hydrogen-bond donors (Lipinski definition) is 2. The molecule has 0 aromatic carbocycles. The number of aliphatic hydroxyl groups is 1. The molecule has 82 valence electrons. The molecular formula is C11H22N2O. The van der Waals surface area contributed by atoms with Crippen LogP contribution in [0.2, 0.25) is 0 Å². The van der Waals surface area contributed by atoms with Crippen molar-refractivity contribution in [3.63, 3.8) is 0 Å². The van der Waals surface area contributed by atoms with Crippen molar-refractivity contribution in [2.45, 2.75) is 25.7 Å². The second kappa shape index (κ2) is 4.17. The lowest BCUT2D eigenvalue weighted by molar-refractivity contribution is 0.199. The van der Waals surface area contributed by atoms with Gasteiger partial charge in [0.25, 0.3) is 0 Å². The molecule has 0 unspecified atom stereocenters. The Balaban J connectivity index is 1.87. The molecule has 3 heteroatoms. The van der Waals surface area contributed by atoms with E-state index in [1.807, 2.05) is 0 Å². The highest BCUT2D eigenvalue weighted by atomic mass is 16.3. The molecule has 0 aromatic rings. The van der Waals surface area contributed by atoms with Gasteiger partial charge in [-0.3, -0.25) is 0 Å². The Labute approximate surface area is 86.3 Å². The lowest BCUT2D eigenvalue weighted by Crippen LogP contribution is -2.28. The maximum atomic E-state index is 8.89. The van der Waals surface area contributed by atoms with Gasteiger partial charge in [-0.25, -0.2) is 0 Å². The van der Waals surface area contributed by atoms with Crippen LogP contribution in [0.1, 0.15) is 25.7 Å². The van der Waals surface area contributed by atoms with Crippen LogP contribution < -0.4 is 5.73 Å². The van der Waals surface area contributed by atoms with Crippen LogP contribution in [0.25, 0.3) is 0 Å². The fourth-order valence-electron chi connectivity index (χ4n) is 3.26. The molecule has 2 rings (SSSR count). The predicted molar refractivity (Wildman–Crippen MR) is 57.0 cm³/mol. The minimum Gasteiger partial charge on any atom is -0.395 e. The minimum absolute atomic E-state index is 0.302. The monoisotopic (exact) mass is 198 g/mol. The van der Waals surface area contributed by atoms with Gasteiger partial charge in [0, 0.05) is 13.1 Å². The van der Waals surface area contributed by atoms with Crippen LogP contribution in [0.4, 0.5) is 0 Å². The minimum atomic E-state index is 0.302. The molecule has 1 saturated heterocycles. The Morgan fingerprint density at radius 2 is 2.29 bits per heavy atom. The fraction of sp³-hybridized carbons (Fsp3) is 1.00. The lowest BCUT2D eigenvalue weighted by atomic mass is 9.84. The van der Waals surface area contributed by atoms with Crippen molar-refractivity contribution < 1.29 is 5.11 Å². The van der Waals surface area contributed by atoms with Gasteiger partial charge in [-0.05, 0) is 50.1 Å². The summed E-state index contributed by atoms with van der Waals surface area (Å²) < 4.78 is 0. The molecular weight excluding hydrogens is 176 g/mol. The third kappa shape index (κ3) is 1.95. The van der Waals surface area contributed by atoms with Crippen molar-refractivity contribution in [1.29, 1.82) is 0 Å². The van der Waals surface area contributed by atoms with Crippen LogP contribution in [0.5, 0.6) is 0 Å². The first-order valence-electron chi connectivity index (χ1n) is 5.81. The van der Waals surface area contributed by atoms with E-state index in [1.54, 1.807) is 0 Å². The van der Waals surface area contributed by atoms with Gasteiger partial charge < -0.3 is 15.7 Å².